The third-order valence-corrected chi connectivity index (χ3v) is 5.42. The van der Waals surface area contributed by atoms with Gasteiger partial charge in [0.2, 0.25) is 0 Å². The average Bonchev–Trinajstić information content (AvgIpc) is 2.61. The molecule has 1 unspecified atom stereocenters. The van der Waals surface area contributed by atoms with Crippen LogP contribution in [0.4, 0.5) is 0 Å². The first-order valence-electron chi connectivity index (χ1n) is 10.1. The number of guanidine groups is 1. The van der Waals surface area contributed by atoms with Gasteiger partial charge in [0.05, 0.1) is 25.4 Å². The number of aliphatic hydroxyl groups is 1. The van der Waals surface area contributed by atoms with Crippen molar-refractivity contribution in [3.8, 4) is 0 Å². The second-order valence-electron chi connectivity index (χ2n) is 7.82. The number of nitrogens with one attached hydrogen (secondary N) is 2. The minimum Gasteiger partial charge on any atom is -0.388 e. The fourth-order valence-electron chi connectivity index (χ4n) is 3.83. The van der Waals surface area contributed by atoms with Gasteiger partial charge in [-0.15, -0.1) is 0 Å². The highest BCUT2D eigenvalue weighted by Crippen LogP contribution is 2.28. The van der Waals surface area contributed by atoms with Crippen molar-refractivity contribution >= 4 is 5.96 Å². The molecule has 0 bridgehead atoms. The average molecular weight is 355 g/mol. The van der Waals surface area contributed by atoms with Crippen molar-refractivity contribution in [2.24, 2.45) is 10.9 Å². The zero-order valence-corrected chi connectivity index (χ0v) is 16.4. The van der Waals surface area contributed by atoms with E-state index in [2.05, 4.69) is 41.3 Å². The highest BCUT2D eigenvalue weighted by atomic mass is 16.5. The van der Waals surface area contributed by atoms with Crippen LogP contribution in [0.25, 0.3) is 0 Å². The summed E-state index contributed by atoms with van der Waals surface area (Å²) >= 11 is 0. The van der Waals surface area contributed by atoms with E-state index < -0.39 is 5.60 Å². The van der Waals surface area contributed by atoms with Gasteiger partial charge in [0.1, 0.15) is 0 Å². The maximum absolute atomic E-state index is 10.7. The van der Waals surface area contributed by atoms with Gasteiger partial charge in [-0.05, 0) is 25.7 Å². The Balaban J connectivity index is 1.90. The summed E-state index contributed by atoms with van der Waals surface area (Å²) in [4.78, 5) is 7.20. The minimum absolute atomic E-state index is 0.463. The summed E-state index contributed by atoms with van der Waals surface area (Å²) in [5.74, 6) is 1.39. The molecule has 1 saturated carbocycles. The highest BCUT2D eigenvalue weighted by Gasteiger charge is 2.29. The Morgan fingerprint density at radius 1 is 1.16 bits per heavy atom. The Bertz CT molecular complexity index is 402. The molecule has 0 aromatic carbocycles. The lowest BCUT2D eigenvalue weighted by atomic mass is 9.85. The summed E-state index contributed by atoms with van der Waals surface area (Å²) in [7, 11) is 0. The van der Waals surface area contributed by atoms with E-state index in [-0.39, 0.29) is 0 Å². The van der Waals surface area contributed by atoms with Gasteiger partial charge in [0.15, 0.2) is 5.96 Å². The molecule has 0 radical (unpaired) electrons. The summed E-state index contributed by atoms with van der Waals surface area (Å²) in [6, 6.07) is 0.463. The molecule has 2 fully saturated rings. The van der Waals surface area contributed by atoms with E-state index in [0.29, 0.717) is 18.5 Å². The Hall–Kier alpha value is -0.850. The van der Waals surface area contributed by atoms with Crippen molar-refractivity contribution in [1.29, 1.82) is 0 Å². The van der Waals surface area contributed by atoms with Crippen molar-refractivity contribution < 1.29 is 9.84 Å². The number of hydrogen-bond donors (Lipinski definition) is 3. The third-order valence-electron chi connectivity index (χ3n) is 5.42. The molecule has 0 aromatic heterocycles. The molecule has 1 saturated heterocycles. The van der Waals surface area contributed by atoms with Crippen LogP contribution in [0.15, 0.2) is 4.99 Å². The van der Waals surface area contributed by atoms with Gasteiger partial charge < -0.3 is 20.5 Å². The quantitative estimate of drug-likeness (QED) is 0.478. The number of rotatable bonds is 7. The largest absolute Gasteiger partial charge is 0.388 e. The molecule has 0 amide bonds. The molecule has 1 aliphatic carbocycles. The zero-order valence-electron chi connectivity index (χ0n) is 16.4. The summed E-state index contributed by atoms with van der Waals surface area (Å²) < 4.78 is 5.48. The first kappa shape index (κ1) is 20.5. The van der Waals surface area contributed by atoms with E-state index in [1.807, 2.05) is 0 Å². The molecule has 25 heavy (non-hydrogen) atoms. The summed E-state index contributed by atoms with van der Waals surface area (Å²) in [6.07, 6.45) is 5.21. The predicted octanol–water partition coefficient (Wildman–Crippen LogP) is 1.59. The van der Waals surface area contributed by atoms with Crippen LogP contribution in [0.1, 0.15) is 52.9 Å². The fraction of sp³-hybridized carbons (Fsp3) is 0.947. The molecular weight excluding hydrogens is 316 g/mol. The van der Waals surface area contributed by atoms with Crippen LogP contribution in [-0.2, 0) is 4.74 Å². The van der Waals surface area contributed by atoms with Crippen molar-refractivity contribution in [2.45, 2.75) is 64.5 Å². The van der Waals surface area contributed by atoms with E-state index in [1.54, 1.807) is 0 Å². The maximum Gasteiger partial charge on any atom is 0.191 e. The fourth-order valence-corrected chi connectivity index (χ4v) is 3.83. The van der Waals surface area contributed by atoms with Gasteiger partial charge in [0.25, 0.3) is 0 Å². The van der Waals surface area contributed by atoms with Gasteiger partial charge in [0, 0.05) is 32.2 Å². The van der Waals surface area contributed by atoms with Crippen LogP contribution in [0.5, 0.6) is 0 Å². The van der Waals surface area contributed by atoms with Gasteiger partial charge in [-0.25, -0.2) is 0 Å². The molecule has 6 heteroatoms. The predicted molar refractivity (Wildman–Crippen MR) is 103 cm³/mol. The first-order valence-corrected chi connectivity index (χ1v) is 10.1. The SMILES string of the molecule is CCNC(=NCC1(O)CCCCC1)NCC(C(C)C)N1CCOCC1. The molecule has 1 atom stereocenters. The Kier molecular flexibility index (Phi) is 8.46. The van der Waals surface area contributed by atoms with Crippen molar-refractivity contribution in [1.82, 2.24) is 15.5 Å². The third kappa shape index (κ3) is 6.76. The summed E-state index contributed by atoms with van der Waals surface area (Å²) in [5.41, 5.74) is -0.609. The van der Waals surface area contributed by atoms with Crippen LogP contribution in [0, 0.1) is 5.92 Å². The molecule has 6 nitrogen and oxygen atoms in total. The van der Waals surface area contributed by atoms with Gasteiger partial charge in [-0.3, -0.25) is 9.89 Å². The van der Waals surface area contributed by atoms with Gasteiger partial charge in [-0.1, -0.05) is 33.1 Å². The molecule has 0 spiro atoms. The van der Waals surface area contributed by atoms with Crippen LogP contribution in [0.2, 0.25) is 0 Å². The molecule has 1 heterocycles. The van der Waals surface area contributed by atoms with E-state index in [0.717, 1.165) is 71.0 Å². The molecular formula is C19H38N4O2. The number of aliphatic imine (C=N–C) groups is 1. The summed E-state index contributed by atoms with van der Waals surface area (Å²) in [5, 5.41) is 17.5. The zero-order chi connectivity index (χ0) is 18.1. The van der Waals surface area contributed by atoms with Crippen LogP contribution < -0.4 is 10.6 Å². The van der Waals surface area contributed by atoms with Gasteiger partial charge >= 0.3 is 0 Å². The molecule has 3 N–H and O–H groups in total. The lowest BCUT2D eigenvalue weighted by Gasteiger charge is -2.37. The monoisotopic (exact) mass is 354 g/mol. The normalized spacial score (nSPS) is 23.5. The lowest BCUT2D eigenvalue weighted by molar-refractivity contribution is 0.00730. The maximum atomic E-state index is 10.7. The molecule has 2 rings (SSSR count). The lowest BCUT2D eigenvalue weighted by Crippen LogP contribution is -2.52. The highest BCUT2D eigenvalue weighted by molar-refractivity contribution is 5.79. The second-order valence-corrected chi connectivity index (χ2v) is 7.82. The molecule has 2 aliphatic rings. The Morgan fingerprint density at radius 3 is 2.44 bits per heavy atom. The number of hydrogen-bond acceptors (Lipinski definition) is 4. The van der Waals surface area contributed by atoms with Crippen molar-refractivity contribution in [3.05, 3.63) is 0 Å². The molecule has 1 aliphatic heterocycles. The minimum atomic E-state index is -0.609. The van der Waals surface area contributed by atoms with E-state index in [9.17, 15) is 5.11 Å². The number of ether oxygens (including phenoxy) is 1. The molecule has 146 valence electrons. The standard InChI is InChI=1S/C19H38N4O2/c1-4-20-18(22-15-19(24)8-6-5-7-9-19)21-14-17(16(2)3)23-10-12-25-13-11-23/h16-17,24H,4-15H2,1-3H3,(H2,20,21,22). The Labute approximate surface area is 153 Å². The number of morpholine rings is 1. The topological polar surface area (TPSA) is 69.1 Å². The van der Waals surface area contributed by atoms with Crippen LogP contribution >= 0.6 is 0 Å². The summed E-state index contributed by atoms with van der Waals surface area (Å²) in [6.45, 7) is 12.5. The van der Waals surface area contributed by atoms with E-state index >= 15 is 0 Å². The van der Waals surface area contributed by atoms with Crippen LogP contribution in [-0.4, -0.2) is 73.5 Å². The van der Waals surface area contributed by atoms with E-state index in [4.69, 9.17) is 4.74 Å². The number of nitrogens with zero attached hydrogens (tertiary/aromatic N) is 2. The second kappa shape index (κ2) is 10.3. The Morgan fingerprint density at radius 2 is 1.84 bits per heavy atom. The van der Waals surface area contributed by atoms with E-state index in [1.165, 1.54) is 6.42 Å². The van der Waals surface area contributed by atoms with Crippen molar-refractivity contribution in [2.75, 3.05) is 45.9 Å². The van der Waals surface area contributed by atoms with Gasteiger partial charge in [-0.2, -0.15) is 0 Å². The van der Waals surface area contributed by atoms with Crippen LogP contribution in [0.3, 0.4) is 0 Å². The first-order chi connectivity index (χ1) is 12.0. The van der Waals surface area contributed by atoms with Crippen molar-refractivity contribution in [3.63, 3.8) is 0 Å². The molecule has 0 aromatic rings. The smallest absolute Gasteiger partial charge is 0.191 e.